The Morgan fingerprint density at radius 3 is 2.50 bits per heavy atom. The first-order valence-electron chi connectivity index (χ1n) is 6.99. The van der Waals surface area contributed by atoms with Gasteiger partial charge in [-0.25, -0.2) is 0 Å². The monoisotopic (exact) mass is 256 g/mol. The quantitative estimate of drug-likeness (QED) is 0.700. The smallest absolute Gasteiger partial charge is 0.220 e. The number of hydrogen-bond acceptors (Lipinski definition) is 3. The fourth-order valence-electron chi connectivity index (χ4n) is 2.04. The minimum absolute atomic E-state index is 0.0227. The normalized spacial score (nSPS) is 21.7. The Bertz CT molecular complexity index is 276. The first-order chi connectivity index (χ1) is 8.22. The highest BCUT2D eigenvalue weighted by molar-refractivity contribution is 5.76. The van der Waals surface area contributed by atoms with Crippen molar-refractivity contribution < 1.29 is 9.90 Å². The average Bonchev–Trinajstić information content (AvgIpc) is 2.26. The van der Waals surface area contributed by atoms with Gasteiger partial charge in [-0.15, -0.1) is 0 Å². The number of aliphatic hydroxyl groups is 1. The third kappa shape index (κ3) is 4.58. The molecule has 1 rings (SSSR count). The molecule has 0 bridgehead atoms. The summed E-state index contributed by atoms with van der Waals surface area (Å²) in [5.41, 5.74) is -1.53. The van der Waals surface area contributed by atoms with Crippen molar-refractivity contribution in [2.75, 3.05) is 6.54 Å². The second kappa shape index (κ2) is 6.02. The van der Waals surface area contributed by atoms with Crippen molar-refractivity contribution in [3.8, 4) is 0 Å². The molecule has 1 atom stereocenters. The van der Waals surface area contributed by atoms with E-state index in [0.717, 1.165) is 13.0 Å². The number of hydrogen-bond donors (Lipinski definition) is 3. The minimum atomic E-state index is -0.925. The fraction of sp³-hybridized carbons (Fsp3) is 0.929. The van der Waals surface area contributed by atoms with Gasteiger partial charge < -0.3 is 15.7 Å². The molecule has 18 heavy (non-hydrogen) atoms. The van der Waals surface area contributed by atoms with E-state index in [4.69, 9.17) is 0 Å². The molecule has 0 spiro atoms. The van der Waals surface area contributed by atoms with Crippen LogP contribution in [0.2, 0.25) is 0 Å². The van der Waals surface area contributed by atoms with E-state index >= 15 is 0 Å². The molecule has 1 aliphatic heterocycles. The maximum absolute atomic E-state index is 11.9. The molecule has 1 unspecified atom stereocenters. The van der Waals surface area contributed by atoms with Gasteiger partial charge in [-0.3, -0.25) is 4.79 Å². The van der Waals surface area contributed by atoms with E-state index in [1.54, 1.807) is 13.8 Å². The first kappa shape index (κ1) is 15.4. The molecule has 0 saturated carbocycles. The van der Waals surface area contributed by atoms with E-state index < -0.39 is 11.1 Å². The summed E-state index contributed by atoms with van der Waals surface area (Å²) in [6, 6.07) is 0.481. The molecule has 1 aliphatic rings. The molecule has 1 heterocycles. The lowest BCUT2D eigenvalue weighted by Crippen LogP contribution is -2.57. The molecule has 1 saturated heterocycles. The number of piperidine rings is 1. The van der Waals surface area contributed by atoms with Gasteiger partial charge in [0.25, 0.3) is 0 Å². The summed E-state index contributed by atoms with van der Waals surface area (Å²) >= 11 is 0. The third-order valence-electron chi connectivity index (χ3n) is 4.11. The van der Waals surface area contributed by atoms with Crippen LogP contribution in [0.4, 0.5) is 0 Å². The first-order valence-corrected chi connectivity index (χ1v) is 6.99. The van der Waals surface area contributed by atoms with Crippen LogP contribution in [-0.2, 0) is 4.79 Å². The van der Waals surface area contributed by atoms with E-state index in [1.165, 1.54) is 19.3 Å². The Balaban J connectivity index is 2.33. The van der Waals surface area contributed by atoms with E-state index in [2.05, 4.69) is 10.6 Å². The van der Waals surface area contributed by atoms with Gasteiger partial charge in [0.05, 0.1) is 11.1 Å². The van der Waals surface area contributed by atoms with Crippen LogP contribution in [0.3, 0.4) is 0 Å². The number of carbonyl (C=O) groups is 1. The van der Waals surface area contributed by atoms with Crippen LogP contribution in [0.5, 0.6) is 0 Å². The lowest BCUT2D eigenvalue weighted by molar-refractivity contribution is -0.126. The van der Waals surface area contributed by atoms with Crippen LogP contribution in [0.15, 0.2) is 0 Å². The van der Waals surface area contributed by atoms with Crippen molar-refractivity contribution in [1.29, 1.82) is 0 Å². The van der Waals surface area contributed by atoms with Gasteiger partial charge >= 0.3 is 0 Å². The molecule has 1 amide bonds. The highest BCUT2D eigenvalue weighted by atomic mass is 16.3. The molecule has 0 aromatic rings. The number of carbonyl (C=O) groups excluding carboxylic acids is 1. The number of amides is 1. The van der Waals surface area contributed by atoms with Crippen LogP contribution in [0.1, 0.15) is 59.8 Å². The summed E-state index contributed by atoms with van der Waals surface area (Å²) in [6.07, 6.45) is 5.08. The summed E-state index contributed by atoms with van der Waals surface area (Å²) in [5, 5.41) is 16.3. The lowest BCUT2D eigenvalue weighted by Gasteiger charge is -2.38. The highest BCUT2D eigenvalue weighted by Crippen LogP contribution is 2.21. The molecule has 3 N–H and O–H groups in total. The molecular weight excluding hydrogens is 228 g/mol. The van der Waals surface area contributed by atoms with E-state index in [9.17, 15) is 9.90 Å². The molecule has 0 radical (unpaired) electrons. The molecule has 4 heteroatoms. The van der Waals surface area contributed by atoms with Crippen molar-refractivity contribution in [2.45, 2.75) is 77.0 Å². The van der Waals surface area contributed by atoms with Gasteiger partial charge in [0.2, 0.25) is 5.91 Å². The molecule has 0 aliphatic carbocycles. The Morgan fingerprint density at radius 1 is 1.33 bits per heavy atom. The SMILES string of the molecule is CC(C)(O)C(C)(C)NC(=O)CCC1CCCCN1. The van der Waals surface area contributed by atoms with Gasteiger partial charge in [-0.1, -0.05) is 6.42 Å². The van der Waals surface area contributed by atoms with E-state index in [-0.39, 0.29) is 5.91 Å². The summed E-state index contributed by atoms with van der Waals surface area (Å²) < 4.78 is 0. The zero-order valence-electron chi connectivity index (χ0n) is 12.2. The third-order valence-corrected chi connectivity index (χ3v) is 4.11. The Hall–Kier alpha value is -0.610. The fourth-order valence-corrected chi connectivity index (χ4v) is 2.04. The maximum Gasteiger partial charge on any atom is 0.220 e. The summed E-state index contributed by atoms with van der Waals surface area (Å²) in [7, 11) is 0. The summed E-state index contributed by atoms with van der Waals surface area (Å²) in [6.45, 7) is 8.21. The van der Waals surface area contributed by atoms with Crippen molar-refractivity contribution in [3.05, 3.63) is 0 Å². The van der Waals surface area contributed by atoms with Gasteiger partial charge in [-0.2, -0.15) is 0 Å². The number of nitrogens with one attached hydrogen (secondary N) is 2. The van der Waals surface area contributed by atoms with Gasteiger partial charge in [0.15, 0.2) is 0 Å². The predicted molar refractivity (Wildman–Crippen MR) is 73.4 cm³/mol. The van der Waals surface area contributed by atoms with Gasteiger partial charge in [0.1, 0.15) is 0 Å². The van der Waals surface area contributed by atoms with Crippen LogP contribution in [0, 0.1) is 0 Å². The summed E-state index contributed by atoms with van der Waals surface area (Å²) in [5.74, 6) is 0.0227. The molecule has 0 aromatic heterocycles. The van der Waals surface area contributed by atoms with Crippen LogP contribution in [0.25, 0.3) is 0 Å². The van der Waals surface area contributed by atoms with Gasteiger partial charge in [-0.05, 0) is 53.5 Å². The van der Waals surface area contributed by atoms with Crippen molar-refractivity contribution in [3.63, 3.8) is 0 Å². The zero-order valence-corrected chi connectivity index (χ0v) is 12.2. The number of rotatable bonds is 5. The van der Waals surface area contributed by atoms with Gasteiger partial charge in [0, 0.05) is 12.5 Å². The highest BCUT2D eigenvalue weighted by Gasteiger charge is 2.36. The summed E-state index contributed by atoms with van der Waals surface area (Å²) in [4.78, 5) is 11.9. The second-order valence-corrected chi connectivity index (χ2v) is 6.42. The van der Waals surface area contributed by atoms with Crippen LogP contribution in [-0.4, -0.2) is 34.7 Å². The van der Waals surface area contributed by atoms with Crippen LogP contribution >= 0.6 is 0 Å². The van der Waals surface area contributed by atoms with Crippen molar-refractivity contribution in [1.82, 2.24) is 10.6 Å². The van der Waals surface area contributed by atoms with Crippen LogP contribution < -0.4 is 10.6 Å². The van der Waals surface area contributed by atoms with E-state index in [0.29, 0.717) is 12.5 Å². The second-order valence-electron chi connectivity index (χ2n) is 6.42. The topological polar surface area (TPSA) is 61.4 Å². The standard InChI is InChI=1S/C14H28N2O2/c1-13(2,14(3,4)18)16-12(17)9-8-11-7-5-6-10-15-11/h11,15,18H,5-10H2,1-4H3,(H,16,17). The molecular formula is C14H28N2O2. The Morgan fingerprint density at radius 2 is 2.00 bits per heavy atom. The largest absolute Gasteiger partial charge is 0.388 e. The molecule has 4 nitrogen and oxygen atoms in total. The zero-order chi connectivity index (χ0) is 13.8. The minimum Gasteiger partial charge on any atom is -0.388 e. The molecule has 1 fully saturated rings. The van der Waals surface area contributed by atoms with E-state index in [1.807, 2.05) is 13.8 Å². The van der Waals surface area contributed by atoms with Crippen molar-refractivity contribution in [2.24, 2.45) is 0 Å². The lowest BCUT2D eigenvalue weighted by atomic mass is 9.86. The van der Waals surface area contributed by atoms with Crippen molar-refractivity contribution >= 4 is 5.91 Å². The molecule has 106 valence electrons. The predicted octanol–water partition coefficient (Wildman–Crippen LogP) is 1.57. The Kier molecular flexibility index (Phi) is 5.17. The Labute approximate surface area is 111 Å². The maximum atomic E-state index is 11.9. The average molecular weight is 256 g/mol. The molecule has 0 aromatic carbocycles.